The molecule has 0 fully saturated rings. The van der Waals surface area contributed by atoms with Gasteiger partial charge in [-0.3, -0.25) is 9.69 Å². The maximum absolute atomic E-state index is 12.5. The molecule has 0 atom stereocenters. The van der Waals surface area contributed by atoms with E-state index in [9.17, 15) is 4.79 Å². The molecule has 2 aromatic rings. The molecule has 0 aromatic heterocycles. The average Bonchev–Trinajstić information content (AvgIpc) is 2.68. The number of methoxy groups -OCH3 is 4. The molecule has 7 nitrogen and oxygen atoms in total. The Morgan fingerprint density at radius 3 is 2.29 bits per heavy atom. The third kappa shape index (κ3) is 5.21. The molecule has 28 heavy (non-hydrogen) atoms. The third-order valence-corrected chi connectivity index (χ3v) is 4.38. The molecule has 2 aromatic carbocycles. The van der Waals surface area contributed by atoms with Crippen LogP contribution in [0.4, 0.5) is 5.69 Å². The van der Waals surface area contributed by atoms with Crippen LogP contribution in [0.15, 0.2) is 30.3 Å². The molecule has 0 bridgehead atoms. The third-order valence-electron chi connectivity index (χ3n) is 4.09. The second-order valence-electron chi connectivity index (χ2n) is 6.06. The van der Waals surface area contributed by atoms with Crippen molar-refractivity contribution in [3.63, 3.8) is 0 Å². The Kier molecular flexibility index (Phi) is 7.78. The summed E-state index contributed by atoms with van der Waals surface area (Å²) in [6.07, 6.45) is 0. The molecule has 0 aliphatic heterocycles. The van der Waals surface area contributed by atoms with E-state index >= 15 is 0 Å². The highest BCUT2D eigenvalue weighted by molar-refractivity contribution is 6.32. The van der Waals surface area contributed by atoms with Gasteiger partial charge in [0.2, 0.25) is 5.91 Å². The quantitative estimate of drug-likeness (QED) is 0.685. The zero-order valence-corrected chi connectivity index (χ0v) is 17.4. The summed E-state index contributed by atoms with van der Waals surface area (Å²) < 4.78 is 21.2. The van der Waals surface area contributed by atoms with Gasteiger partial charge in [-0.2, -0.15) is 0 Å². The molecule has 0 unspecified atom stereocenters. The Morgan fingerprint density at radius 1 is 1.00 bits per heavy atom. The van der Waals surface area contributed by atoms with Gasteiger partial charge in [-0.05, 0) is 13.1 Å². The first-order chi connectivity index (χ1) is 13.4. The molecule has 0 radical (unpaired) electrons. The lowest BCUT2D eigenvalue weighted by Crippen LogP contribution is -2.30. The molecule has 0 saturated heterocycles. The lowest BCUT2D eigenvalue weighted by atomic mass is 10.1. The van der Waals surface area contributed by atoms with E-state index in [1.807, 2.05) is 30.1 Å². The minimum atomic E-state index is -0.202. The topological polar surface area (TPSA) is 69.3 Å². The molecule has 8 heteroatoms. The van der Waals surface area contributed by atoms with Crippen molar-refractivity contribution in [1.82, 2.24) is 4.90 Å². The molecule has 1 N–H and O–H groups in total. The fourth-order valence-electron chi connectivity index (χ4n) is 2.82. The van der Waals surface area contributed by atoms with Crippen molar-refractivity contribution in [3.05, 3.63) is 40.9 Å². The smallest absolute Gasteiger partial charge is 0.238 e. The Labute approximate surface area is 170 Å². The van der Waals surface area contributed by atoms with Gasteiger partial charge < -0.3 is 24.3 Å². The average molecular weight is 409 g/mol. The van der Waals surface area contributed by atoms with Gasteiger partial charge in [0.1, 0.15) is 11.5 Å². The minimum absolute atomic E-state index is 0.161. The Bertz CT molecular complexity index is 828. The lowest BCUT2D eigenvalue weighted by Gasteiger charge is -2.20. The van der Waals surface area contributed by atoms with Crippen molar-refractivity contribution < 1.29 is 23.7 Å². The first kappa shape index (κ1) is 21.7. The molecule has 2 rings (SSSR count). The predicted octanol–water partition coefficient (Wildman–Crippen LogP) is 3.44. The fraction of sp³-hybridized carbons (Fsp3) is 0.350. The SMILES string of the molecule is COc1cc(NC(=O)CN(C)Cc2cccc(OC)c2OC)c(OC)cc1Cl. The second-order valence-corrected chi connectivity index (χ2v) is 6.47. The van der Waals surface area contributed by atoms with Crippen LogP contribution in [0.1, 0.15) is 5.56 Å². The number of nitrogens with zero attached hydrogens (tertiary/aromatic N) is 1. The number of likely N-dealkylation sites (N-methyl/N-ethyl adjacent to an activating group) is 1. The first-order valence-corrected chi connectivity index (χ1v) is 8.91. The van der Waals surface area contributed by atoms with Crippen LogP contribution in [-0.2, 0) is 11.3 Å². The Morgan fingerprint density at radius 2 is 1.68 bits per heavy atom. The van der Waals surface area contributed by atoms with Gasteiger partial charge in [-0.25, -0.2) is 0 Å². The van der Waals surface area contributed by atoms with Gasteiger partial charge in [0.05, 0.1) is 45.7 Å². The number of benzene rings is 2. The van der Waals surface area contributed by atoms with Crippen LogP contribution in [0.3, 0.4) is 0 Å². The number of carbonyl (C=O) groups is 1. The van der Waals surface area contributed by atoms with E-state index in [1.165, 1.54) is 14.2 Å². The summed E-state index contributed by atoms with van der Waals surface area (Å²) in [5.74, 6) is 2.01. The highest BCUT2D eigenvalue weighted by Crippen LogP contribution is 2.36. The van der Waals surface area contributed by atoms with Crippen LogP contribution < -0.4 is 24.3 Å². The van der Waals surface area contributed by atoms with Crippen molar-refractivity contribution in [2.75, 3.05) is 47.3 Å². The summed E-state index contributed by atoms with van der Waals surface area (Å²) in [5, 5.41) is 3.23. The molecule has 152 valence electrons. The van der Waals surface area contributed by atoms with E-state index in [1.54, 1.807) is 26.4 Å². The minimum Gasteiger partial charge on any atom is -0.495 e. The lowest BCUT2D eigenvalue weighted by molar-refractivity contribution is -0.117. The largest absolute Gasteiger partial charge is 0.495 e. The number of ether oxygens (including phenoxy) is 4. The Hall–Kier alpha value is -2.64. The van der Waals surface area contributed by atoms with E-state index in [-0.39, 0.29) is 12.5 Å². The highest BCUT2D eigenvalue weighted by atomic mass is 35.5. The van der Waals surface area contributed by atoms with E-state index in [2.05, 4.69) is 5.32 Å². The zero-order valence-electron chi connectivity index (χ0n) is 16.7. The molecule has 0 aliphatic carbocycles. The van der Waals surface area contributed by atoms with E-state index in [0.717, 1.165) is 5.56 Å². The summed E-state index contributed by atoms with van der Waals surface area (Å²) in [6.45, 7) is 0.670. The monoisotopic (exact) mass is 408 g/mol. The van der Waals surface area contributed by atoms with E-state index < -0.39 is 0 Å². The van der Waals surface area contributed by atoms with Gasteiger partial charge in [0.25, 0.3) is 0 Å². The van der Waals surface area contributed by atoms with Crippen LogP contribution in [0.5, 0.6) is 23.0 Å². The molecular formula is C20H25ClN2O5. The second kappa shape index (κ2) is 10.1. The number of carbonyl (C=O) groups excluding carboxylic acids is 1. The highest BCUT2D eigenvalue weighted by Gasteiger charge is 2.16. The molecular weight excluding hydrogens is 384 g/mol. The zero-order chi connectivity index (χ0) is 20.7. The summed E-state index contributed by atoms with van der Waals surface area (Å²) >= 11 is 6.10. The Balaban J connectivity index is 2.08. The van der Waals surface area contributed by atoms with Gasteiger partial charge in [0, 0.05) is 24.2 Å². The van der Waals surface area contributed by atoms with E-state index in [0.29, 0.717) is 40.3 Å². The van der Waals surface area contributed by atoms with Crippen molar-refractivity contribution in [3.8, 4) is 23.0 Å². The van der Waals surface area contributed by atoms with Crippen LogP contribution in [0.2, 0.25) is 5.02 Å². The van der Waals surface area contributed by atoms with Gasteiger partial charge >= 0.3 is 0 Å². The van der Waals surface area contributed by atoms with Crippen LogP contribution >= 0.6 is 11.6 Å². The number of hydrogen-bond donors (Lipinski definition) is 1. The van der Waals surface area contributed by atoms with Crippen LogP contribution in [0, 0.1) is 0 Å². The maximum atomic E-state index is 12.5. The van der Waals surface area contributed by atoms with Crippen LogP contribution in [-0.4, -0.2) is 52.8 Å². The van der Waals surface area contributed by atoms with Gasteiger partial charge in [0.15, 0.2) is 11.5 Å². The van der Waals surface area contributed by atoms with Gasteiger partial charge in [-0.1, -0.05) is 23.7 Å². The van der Waals surface area contributed by atoms with Gasteiger partial charge in [-0.15, -0.1) is 0 Å². The number of halogens is 1. The van der Waals surface area contributed by atoms with Crippen molar-refractivity contribution in [1.29, 1.82) is 0 Å². The molecule has 0 heterocycles. The summed E-state index contributed by atoms with van der Waals surface area (Å²) in [6, 6.07) is 8.87. The predicted molar refractivity (Wildman–Crippen MR) is 109 cm³/mol. The first-order valence-electron chi connectivity index (χ1n) is 8.53. The number of para-hydroxylation sites is 1. The number of amides is 1. The van der Waals surface area contributed by atoms with Crippen molar-refractivity contribution in [2.45, 2.75) is 6.54 Å². The number of rotatable bonds is 9. The molecule has 0 aliphatic rings. The molecule has 0 saturated carbocycles. The standard InChI is InChI=1S/C20H25ClN2O5/c1-23(11-13-7-6-8-16(25-2)20(13)28-5)12-19(24)22-15-10-17(26-3)14(21)9-18(15)27-4/h6-10H,11-12H2,1-5H3,(H,22,24). The maximum Gasteiger partial charge on any atom is 0.238 e. The van der Waals surface area contributed by atoms with Crippen LogP contribution in [0.25, 0.3) is 0 Å². The molecule has 0 spiro atoms. The fourth-order valence-corrected chi connectivity index (χ4v) is 3.05. The number of hydrogen-bond acceptors (Lipinski definition) is 6. The molecule has 1 amide bonds. The normalized spacial score (nSPS) is 10.5. The summed E-state index contributed by atoms with van der Waals surface area (Å²) in [5.41, 5.74) is 1.41. The number of nitrogens with one attached hydrogen (secondary N) is 1. The van der Waals surface area contributed by atoms with Crippen molar-refractivity contribution >= 4 is 23.2 Å². The summed E-state index contributed by atoms with van der Waals surface area (Å²) in [7, 11) is 8.04. The van der Waals surface area contributed by atoms with Crippen molar-refractivity contribution in [2.24, 2.45) is 0 Å². The van der Waals surface area contributed by atoms with E-state index in [4.69, 9.17) is 30.5 Å². The summed E-state index contributed by atoms with van der Waals surface area (Å²) in [4.78, 5) is 14.4. The number of anilines is 1.